The van der Waals surface area contributed by atoms with Gasteiger partial charge in [-0.3, -0.25) is 0 Å². The van der Waals surface area contributed by atoms with Crippen molar-refractivity contribution in [1.82, 2.24) is 5.32 Å². The van der Waals surface area contributed by atoms with Crippen LogP contribution in [0.1, 0.15) is 42.6 Å². The zero-order valence-corrected chi connectivity index (χ0v) is 14.1. The van der Waals surface area contributed by atoms with E-state index in [9.17, 15) is 5.11 Å². The molecule has 1 unspecified atom stereocenters. The van der Waals surface area contributed by atoms with E-state index in [1.54, 1.807) is 0 Å². The van der Waals surface area contributed by atoms with Gasteiger partial charge in [0, 0.05) is 17.6 Å². The Balaban J connectivity index is 1.83. The Hall–Kier alpha value is -1.16. The largest absolute Gasteiger partial charge is 0.387 e. The molecule has 0 saturated carbocycles. The van der Waals surface area contributed by atoms with Crippen LogP contribution in [0.15, 0.2) is 53.0 Å². The summed E-state index contributed by atoms with van der Waals surface area (Å²) in [6, 6.07) is 16.4. The summed E-state index contributed by atoms with van der Waals surface area (Å²) < 4.78 is 1.08. The minimum Gasteiger partial charge on any atom is -0.387 e. The van der Waals surface area contributed by atoms with Gasteiger partial charge in [0.1, 0.15) is 0 Å². The van der Waals surface area contributed by atoms with Crippen molar-refractivity contribution in [1.29, 1.82) is 0 Å². The van der Waals surface area contributed by atoms with Gasteiger partial charge in [-0.25, -0.2) is 0 Å². The number of aliphatic hydroxyl groups is 1. The standard InChI is InChI=1S/C18H22BrNO/c1-13(2)15-5-7-16(8-6-15)18(21)12-20-11-14-3-9-17(19)10-4-14/h3-10,13,18,20-21H,11-12H2,1-2H3. The van der Waals surface area contributed by atoms with Gasteiger partial charge in [0.25, 0.3) is 0 Å². The van der Waals surface area contributed by atoms with Crippen LogP contribution in [0.2, 0.25) is 0 Å². The van der Waals surface area contributed by atoms with Crippen LogP contribution in [0.3, 0.4) is 0 Å². The molecule has 0 aromatic heterocycles. The SMILES string of the molecule is CC(C)c1ccc(C(O)CNCc2ccc(Br)cc2)cc1. The summed E-state index contributed by atoms with van der Waals surface area (Å²) in [6.07, 6.45) is -0.471. The van der Waals surface area contributed by atoms with Crippen molar-refractivity contribution in [2.24, 2.45) is 0 Å². The monoisotopic (exact) mass is 347 g/mol. The molecule has 0 aliphatic carbocycles. The molecule has 2 N–H and O–H groups in total. The minimum atomic E-state index is -0.471. The fourth-order valence-corrected chi connectivity index (χ4v) is 2.44. The number of benzene rings is 2. The van der Waals surface area contributed by atoms with E-state index in [1.807, 2.05) is 24.3 Å². The summed E-state index contributed by atoms with van der Waals surface area (Å²) in [7, 11) is 0. The average molecular weight is 348 g/mol. The lowest BCUT2D eigenvalue weighted by molar-refractivity contribution is 0.174. The van der Waals surface area contributed by atoms with Crippen molar-refractivity contribution in [2.45, 2.75) is 32.4 Å². The normalized spacial score (nSPS) is 12.6. The van der Waals surface area contributed by atoms with E-state index in [-0.39, 0.29) is 0 Å². The van der Waals surface area contributed by atoms with E-state index >= 15 is 0 Å². The number of nitrogens with one attached hydrogen (secondary N) is 1. The molecule has 0 radical (unpaired) electrons. The summed E-state index contributed by atoms with van der Waals surface area (Å²) in [5.41, 5.74) is 3.47. The Morgan fingerprint density at radius 1 is 0.952 bits per heavy atom. The number of hydrogen-bond acceptors (Lipinski definition) is 2. The summed E-state index contributed by atoms with van der Waals surface area (Å²) >= 11 is 3.42. The van der Waals surface area contributed by atoms with Gasteiger partial charge in [-0.15, -0.1) is 0 Å². The zero-order valence-electron chi connectivity index (χ0n) is 12.5. The number of halogens is 1. The third-order valence-corrected chi connectivity index (χ3v) is 4.10. The molecule has 2 rings (SSSR count). The molecule has 2 aromatic rings. The van der Waals surface area contributed by atoms with Crippen LogP contribution in [-0.4, -0.2) is 11.7 Å². The second-order valence-electron chi connectivity index (χ2n) is 5.59. The van der Waals surface area contributed by atoms with Gasteiger partial charge >= 0.3 is 0 Å². The van der Waals surface area contributed by atoms with Crippen LogP contribution in [0.25, 0.3) is 0 Å². The first-order valence-electron chi connectivity index (χ1n) is 7.29. The van der Waals surface area contributed by atoms with E-state index in [4.69, 9.17) is 0 Å². The third-order valence-electron chi connectivity index (χ3n) is 3.57. The maximum Gasteiger partial charge on any atom is 0.0914 e. The second-order valence-corrected chi connectivity index (χ2v) is 6.51. The molecular formula is C18H22BrNO. The summed E-state index contributed by atoms with van der Waals surface area (Å²) in [5, 5.41) is 13.5. The first kappa shape index (κ1) is 16.2. The van der Waals surface area contributed by atoms with E-state index in [1.165, 1.54) is 11.1 Å². The Labute approximate surface area is 135 Å². The van der Waals surface area contributed by atoms with Gasteiger partial charge in [0.2, 0.25) is 0 Å². The Kier molecular flexibility index (Phi) is 5.97. The molecule has 2 nitrogen and oxygen atoms in total. The van der Waals surface area contributed by atoms with Crippen molar-refractivity contribution < 1.29 is 5.11 Å². The van der Waals surface area contributed by atoms with Crippen molar-refractivity contribution in [3.8, 4) is 0 Å². The van der Waals surface area contributed by atoms with E-state index < -0.39 is 6.10 Å². The highest BCUT2D eigenvalue weighted by atomic mass is 79.9. The van der Waals surface area contributed by atoms with Crippen LogP contribution in [0, 0.1) is 0 Å². The highest BCUT2D eigenvalue weighted by molar-refractivity contribution is 9.10. The molecule has 0 heterocycles. The van der Waals surface area contributed by atoms with Crippen LogP contribution >= 0.6 is 15.9 Å². The molecular weight excluding hydrogens is 326 g/mol. The first-order valence-corrected chi connectivity index (χ1v) is 8.08. The molecule has 0 amide bonds. The number of rotatable bonds is 6. The van der Waals surface area contributed by atoms with Crippen LogP contribution in [-0.2, 0) is 6.54 Å². The lowest BCUT2D eigenvalue weighted by Crippen LogP contribution is -2.21. The van der Waals surface area contributed by atoms with E-state index in [0.29, 0.717) is 12.5 Å². The molecule has 0 saturated heterocycles. The van der Waals surface area contributed by atoms with Crippen molar-refractivity contribution >= 4 is 15.9 Å². The molecule has 0 aliphatic rings. The maximum absolute atomic E-state index is 10.2. The Morgan fingerprint density at radius 3 is 2.10 bits per heavy atom. The molecule has 112 valence electrons. The number of aliphatic hydroxyl groups excluding tert-OH is 1. The van der Waals surface area contributed by atoms with E-state index in [2.05, 4.69) is 59.4 Å². The summed E-state index contributed by atoms with van der Waals surface area (Å²) in [5.74, 6) is 0.520. The Morgan fingerprint density at radius 2 is 1.52 bits per heavy atom. The van der Waals surface area contributed by atoms with Gasteiger partial charge in [0.05, 0.1) is 6.10 Å². The third kappa shape index (κ3) is 4.95. The van der Waals surface area contributed by atoms with Gasteiger partial charge < -0.3 is 10.4 Å². The van der Waals surface area contributed by atoms with Gasteiger partial charge in [-0.2, -0.15) is 0 Å². The maximum atomic E-state index is 10.2. The molecule has 0 spiro atoms. The van der Waals surface area contributed by atoms with Gasteiger partial charge in [-0.05, 0) is 34.7 Å². The summed E-state index contributed by atoms with van der Waals surface area (Å²) in [6.45, 7) is 5.65. The molecule has 0 fully saturated rings. The topological polar surface area (TPSA) is 32.3 Å². The summed E-state index contributed by atoms with van der Waals surface area (Å²) in [4.78, 5) is 0. The van der Waals surface area contributed by atoms with Crippen LogP contribution < -0.4 is 5.32 Å². The highest BCUT2D eigenvalue weighted by Crippen LogP contribution is 2.18. The molecule has 2 aromatic carbocycles. The van der Waals surface area contributed by atoms with Crippen molar-refractivity contribution in [3.63, 3.8) is 0 Å². The Bertz CT molecular complexity index is 548. The van der Waals surface area contributed by atoms with E-state index in [0.717, 1.165) is 16.6 Å². The molecule has 0 bridgehead atoms. The fourth-order valence-electron chi connectivity index (χ4n) is 2.18. The molecule has 1 atom stereocenters. The fraction of sp³-hybridized carbons (Fsp3) is 0.333. The number of hydrogen-bond donors (Lipinski definition) is 2. The van der Waals surface area contributed by atoms with Gasteiger partial charge in [-0.1, -0.05) is 66.2 Å². The molecule has 0 aliphatic heterocycles. The predicted octanol–water partition coefficient (Wildman–Crippen LogP) is 4.40. The lowest BCUT2D eigenvalue weighted by atomic mass is 10.00. The lowest BCUT2D eigenvalue weighted by Gasteiger charge is -2.14. The van der Waals surface area contributed by atoms with Crippen LogP contribution in [0.5, 0.6) is 0 Å². The zero-order chi connectivity index (χ0) is 15.2. The smallest absolute Gasteiger partial charge is 0.0914 e. The second kappa shape index (κ2) is 7.74. The predicted molar refractivity (Wildman–Crippen MR) is 91.3 cm³/mol. The molecule has 21 heavy (non-hydrogen) atoms. The minimum absolute atomic E-state index is 0.471. The quantitative estimate of drug-likeness (QED) is 0.811. The highest BCUT2D eigenvalue weighted by Gasteiger charge is 2.07. The van der Waals surface area contributed by atoms with Gasteiger partial charge in [0.15, 0.2) is 0 Å². The first-order chi connectivity index (χ1) is 10.1. The van der Waals surface area contributed by atoms with Crippen LogP contribution in [0.4, 0.5) is 0 Å². The average Bonchev–Trinajstić information content (AvgIpc) is 2.49. The van der Waals surface area contributed by atoms with Crippen molar-refractivity contribution in [2.75, 3.05) is 6.54 Å². The van der Waals surface area contributed by atoms with Crippen molar-refractivity contribution in [3.05, 3.63) is 69.7 Å². The molecule has 3 heteroatoms.